The smallest absolute Gasteiger partial charge is 0.311 e. The Labute approximate surface area is 108 Å². The number of hydrogen-bond donors (Lipinski definition) is 2. The number of rotatable bonds is 3. The Morgan fingerprint density at radius 3 is 2.39 bits per heavy atom. The summed E-state index contributed by atoms with van der Waals surface area (Å²) in [5, 5.41) is 5.98. The van der Waals surface area contributed by atoms with Crippen LogP contribution in [0.15, 0.2) is 0 Å². The first-order chi connectivity index (χ1) is 8.55. The number of nitrogens with one attached hydrogen (secondary N) is 2. The van der Waals surface area contributed by atoms with E-state index in [-0.39, 0.29) is 11.3 Å². The predicted octanol–water partition coefficient (Wildman–Crippen LogP) is -0.0294. The van der Waals surface area contributed by atoms with Crippen LogP contribution >= 0.6 is 0 Å². The van der Waals surface area contributed by atoms with Gasteiger partial charge in [0.1, 0.15) is 0 Å². The standard InChI is InChI=1S/C13H23N3O2/c1-10(2)13(3-4-13)9-15-11(17)12(18)16-7-5-14-6-8-16/h10,14H,3-9H2,1-2H3,(H,15,17). The molecule has 1 heterocycles. The third-order valence-corrected chi connectivity index (χ3v) is 4.32. The van der Waals surface area contributed by atoms with Crippen LogP contribution in [0.2, 0.25) is 0 Å². The van der Waals surface area contributed by atoms with Crippen molar-refractivity contribution in [3.63, 3.8) is 0 Å². The van der Waals surface area contributed by atoms with Crippen molar-refractivity contribution in [2.45, 2.75) is 26.7 Å². The van der Waals surface area contributed by atoms with Gasteiger partial charge in [0.05, 0.1) is 0 Å². The quantitative estimate of drug-likeness (QED) is 0.694. The lowest BCUT2D eigenvalue weighted by molar-refractivity contribution is -0.146. The van der Waals surface area contributed by atoms with E-state index in [1.165, 1.54) is 0 Å². The lowest BCUT2D eigenvalue weighted by Crippen LogP contribution is -2.51. The van der Waals surface area contributed by atoms with Crippen molar-refractivity contribution < 1.29 is 9.59 Å². The van der Waals surface area contributed by atoms with Gasteiger partial charge in [-0.25, -0.2) is 0 Å². The lowest BCUT2D eigenvalue weighted by Gasteiger charge is -2.27. The second-order valence-corrected chi connectivity index (χ2v) is 5.74. The molecule has 1 saturated carbocycles. The Morgan fingerprint density at radius 1 is 1.28 bits per heavy atom. The summed E-state index contributed by atoms with van der Waals surface area (Å²) in [6.45, 7) is 7.79. The third kappa shape index (κ3) is 2.83. The Balaban J connectivity index is 1.79. The first-order valence-corrected chi connectivity index (χ1v) is 6.83. The molecule has 102 valence electrons. The molecule has 2 N–H and O–H groups in total. The molecule has 18 heavy (non-hydrogen) atoms. The number of amides is 2. The lowest BCUT2D eigenvalue weighted by atomic mass is 9.92. The van der Waals surface area contributed by atoms with Crippen molar-refractivity contribution in [1.82, 2.24) is 15.5 Å². The van der Waals surface area contributed by atoms with E-state index >= 15 is 0 Å². The summed E-state index contributed by atoms with van der Waals surface area (Å²) in [7, 11) is 0. The van der Waals surface area contributed by atoms with E-state index in [0.717, 1.165) is 25.9 Å². The normalized spacial score (nSPS) is 21.8. The summed E-state index contributed by atoms with van der Waals surface area (Å²) >= 11 is 0. The van der Waals surface area contributed by atoms with Gasteiger partial charge in [-0.1, -0.05) is 13.8 Å². The van der Waals surface area contributed by atoms with Gasteiger partial charge in [-0.15, -0.1) is 0 Å². The molecule has 5 heteroatoms. The van der Waals surface area contributed by atoms with Crippen LogP contribution in [0.3, 0.4) is 0 Å². The fourth-order valence-electron chi connectivity index (χ4n) is 2.46. The minimum absolute atomic E-state index is 0.249. The third-order valence-electron chi connectivity index (χ3n) is 4.32. The minimum atomic E-state index is -0.441. The molecule has 0 bridgehead atoms. The van der Waals surface area contributed by atoms with Crippen LogP contribution in [-0.4, -0.2) is 49.4 Å². The van der Waals surface area contributed by atoms with E-state index < -0.39 is 5.91 Å². The van der Waals surface area contributed by atoms with Gasteiger partial charge in [0.2, 0.25) is 0 Å². The molecular formula is C13H23N3O2. The van der Waals surface area contributed by atoms with E-state index in [2.05, 4.69) is 24.5 Å². The van der Waals surface area contributed by atoms with Crippen LogP contribution in [0.25, 0.3) is 0 Å². The van der Waals surface area contributed by atoms with E-state index in [9.17, 15) is 9.59 Å². The Bertz CT molecular complexity index is 331. The van der Waals surface area contributed by atoms with Crippen molar-refractivity contribution in [3.05, 3.63) is 0 Å². The number of piperazine rings is 1. The maximum Gasteiger partial charge on any atom is 0.311 e. The summed E-state index contributed by atoms with van der Waals surface area (Å²) in [4.78, 5) is 25.3. The highest BCUT2D eigenvalue weighted by molar-refractivity contribution is 6.35. The van der Waals surface area contributed by atoms with Crippen LogP contribution in [0.1, 0.15) is 26.7 Å². The largest absolute Gasteiger partial charge is 0.347 e. The second-order valence-electron chi connectivity index (χ2n) is 5.74. The summed E-state index contributed by atoms with van der Waals surface area (Å²) in [5.74, 6) is -0.257. The van der Waals surface area contributed by atoms with Crippen LogP contribution in [-0.2, 0) is 9.59 Å². The van der Waals surface area contributed by atoms with Gasteiger partial charge in [0.25, 0.3) is 0 Å². The van der Waals surface area contributed by atoms with E-state index in [0.29, 0.717) is 25.6 Å². The molecule has 1 aliphatic carbocycles. The van der Waals surface area contributed by atoms with Crippen molar-refractivity contribution in [3.8, 4) is 0 Å². The van der Waals surface area contributed by atoms with Gasteiger partial charge in [-0.2, -0.15) is 0 Å². The van der Waals surface area contributed by atoms with E-state index in [1.807, 2.05) is 0 Å². The highest BCUT2D eigenvalue weighted by atomic mass is 16.2. The van der Waals surface area contributed by atoms with Crippen LogP contribution in [0.5, 0.6) is 0 Å². The van der Waals surface area contributed by atoms with Gasteiger partial charge in [0, 0.05) is 32.7 Å². The van der Waals surface area contributed by atoms with E-state index in [1.54, 1.807) is 4.90 Å². The molecule has 2 aliphatic rings. The summed E-state index contributed by atoms with van der Waals surface area (Å²) in [6, 6.07) is 0. The predicted molar refractivity (Wildman–Crippen MR) is 69.0 cm³/mol. The number of carbonyl (C=O) groups is 2. The van der Waals surface area contributed by atoms with Gasteiger partial charge in [-0.3, -0.25) is 9.59 Å². The topological polar surface area (TPSA) is 61.4 Å². The first kappa shape index (κ1) is 13.3. The van der Waals surface area contributed by atoms with Crippen LogP contribution < -0.4 is 10.6 Å². The summed E-state index contributed by atoms with van der Waals surface area (Å²) in [5.41, 5.74) is 0.249. The molecule has 0 radical (unpaired) electrons. The monoisotopic (exact) mass is 253 g/mol. The van der Waals surface area contributed by atoms with Gasteiger partial charge < -0.3 is 15.5 Å². The fourth-order valence-corrected chi connectivity index (χ4v) is 2.46. The van der Waals surface area contributed by atoms with Gasteiger partial charge >= 0.3 is 11.8 Å². The Morgan fingerprint density at radius 2 is 1.89 bits per heavy atom. The molecule has 0 aromatic heterocycles. The highest BCUT2D eigenvalue weighted by Crippen LogP contribution is 2.51. The Hall–Kier alpha value is -1.10. The Kier molecular flexibility index (Phi) is 3.90. The van der Waals surface area contributed by atoms with Gasteiger partial charge in [-0.05, 0) is 24.2 Å². The average Bonchev–Trinajstić information content (AvgIpc) is 3.17. The molecule has 1 saturated heterocycles. The van der Waals surface area contributed by atoms with Crippen LogP contribution in [0, 0.1) is 11.3 Å². The molecule has 0 atom stereocenters. The maximum absolute atomic E-state index is 11.9. The maximum atomic E-state index is 11.9. The number of nitrogens with zero attached hydrogens (tertiary/aromatic N) is 1. The van der Waals surface area contributed by atoms with Crippen molar-refractivity contribution >= 4 is 11.8 Å². The molecule has 2 fully saturated rings. The van der Waals surface area contributed by atoms with Crippen LogP contribution in [0.4, 0.5) is 0 Å². The molecule has 0 unspecified atom stereocenters. The SMILES string of the molecule is CC(C)C1(CNC(=O)C(=O)N2CCNCC2)CC1. The molecule has 0 spiro atoms. The molecule has 0 aromatic rings. The zero-order valence-electron chi connectivity index (χ0n) is 11.3. The highest BCUT2D eigenvalue weighted by Gasteiger charge is 2.45. The average molecular weight is 253 g/mol. The molecule has 0 aromatic carbocycles. The van der Waals surface area contributed by atoms with Gasteiger partial charge in [0.15, 0.2) is 0 Å². The molecule has 5 nitrogen and oxygen atoms in total. The number of carbonyl (C=O) groups excluding carboxylic acids is 2. The van der Waals surface area contributed by atoms with Crippen molar-refractivity contribution in [2.75, 3.05) is 32.7 Å². The molecule has 1 aliphatic heterocycles. The second kappa shape index (κ2) is 5.26. The summed E-state index contributed by atoms with van der Waals surface area (Å²) < 4.78 is 0. The first-order valence-electron chi connectivity index (χ1n) is 6.83. The zero-order chi connectivity index (χ0) is 13.2. The molecule has 2 amide bonds. The molecular weight excluding hydrogens is 230 g/mol. The van der Waals surface area contributed by atoms with E-state index in [4.69, 9.17) is 0 Å². The minimum Gasteiger partial charge on any atom is -0.347 e. The zero-order valence-corrected chi connectivity index (χ0v) is 11.3. The van der Waals surface area contributed by atoms with Crippen molar-refractivity contribution in [1.29, 1.82) is 0 Å². The van der Waals surface area contributed by atoms with Crippen molar-refractivity contribution in [2.24, 2.45) is 11.3 Å². The fraction of sp³-hybridized carbons (Fsp3) is 0.846. The number of hydrogen-bond acceptors (Lipinski definition) is 3. The molecule has 2 rings (SSSR count). The summed E-state index contributed by atoms with van der Waals surface area (Å²) in [6.07, 6.45) is 2.32.